The molecule has 2 aromatic rings. The number of sulfonamides is 1. The highest BCUT2D eigenvalue weighted by Gasteiger charge is 2.33. The van der Waals surface area contributed by atoms with Crippen molar-refractivity contribution in [3.8, 4) is 0 Å². The molecule has 0 amide bonds. The summed E-state index contributed by atoms with van der Waals surface area (Å²) in [7, 11) is -3.62. The summed E-state index contributed by atoms with van der Waals surface area (Å²) in [4.78, 5) is 0.400. The summed E-state index contributed by atoms with van der Waals surface area (Å²) in [6.07, 6.45) is 4.18. The maximum Gasteiger partial charge on any atom is 0.256 e. The fraction of sp³-hybridized carbons (Fsp3) is 0.333. The maximum absolute atomic E-state index is 13.6. The van der Waals surface area contributed by atoms with E-state index in [1.165, 1.54) is 4.41 Å². The molecule has 6 heteroatoms. The molecule has 5 nitrogen and oxygen atoms in total. The van der Waals surface area contributed by atoms with E-state index >= 15 is 0 Å². The number of piperazine rings is 1. The average molecular weight is 384 g/mol. The van der Waals surface area contributed by atoms with Crippen LogP contribution in [0.3, 0.4) is 0 Å². The highest BCUT2D eigenvalue weighted by Crippen LogP contribution is 2.38. The van der Waals surface area contributed by atoms with Crippen molar-refractivity contribution in [2.75, 3.05) is 32.7 Å². The number of allylic oxidation sites excluding steroid dienone is 1. The normalized spacial score (nSPS) is 20.1. The first-order valence-corrected chi connectivity index (χ1v) is 10.9. The molecule has 2 aliphatic rings. The quantitative estimate of drug-likeness (QED) is 0.863. The topological polar surface area (TPSA) is 52.6 Å². The van der Waals surface area contributed by atoms with E-state index in [0.717, 1.165) is 29.8 Å². The Hall–Kier alpha value is -1.99. The Morgan fingerprint density at radius 2 is 1.70 bits per heavy atom. The standard InChI is InChI=1S/C21H25N3O2S/c1-2-24(23-15-13-22-14-16-23)27(25,26)21-10-6-5-9-20(21)19-12-11-17-7-3-4-8-18(17)19/h3-12,19,22H,2,13-16H2,1H3. The lowest BCUT2D eigenvalue weighted by molar-refractivity contribution is 0.0505. The van der Waals surface area contributed by atoms with Gasteiger partial charge in [-0.2, -0.15) is 0 Å². The Morgan fingerprint density at radius 1 is 1.04 bits per heavy atom. The summed E-state index contributed by atoms with van der Waals surface area (Å²) in [5, 5.41) is 5.23. The minimum absolute atomic E-state index is 0.0334. The molecule has 142 valence electrons. The Balaban J connectivity index is 1.75. The molecule has 4 rings (SSSR count). The smallest absolute Gasteiger partial charge is 0.256 e. The van der Waals surface area contributed by atoms with Gasteiger partial charge in [-0.05, 0) is 29.7 Å². The van der Waals surface area contributed by atoms with Gasteiger partial charge >= 0.3 is 0 Å². The predicted molar refractivity (Wildman–Crippen MR) is 108 cm³/mol. The van der Waals surface area contributed by atoms with Gasteiger partial charge in [-0.3, -0.25) is 0 Å². The van der Waals surface area contributed by atoms with Gasteiger partial charge in [0.2, 0.25) is 0 Å². The summed E-state index contributed by atoms with van der Waals surface area (Å²) < 4.78 is 28.7. The van der Waals surface area contributed by atoms with Gasteiger partial charge < -0.3 is 5.32 Å². The lowest BCUT2D eigenvalue weighted by Crippen LogP contribution is -2.54. The van der Waals surface area contributed by atoms with E-state index in [1.54, 1.807) is 6.07 Å². The molecule has 1 fully saturated rings. The van der Waals surface area contributed by atoms with Crippen molar-refractivity contribution in [1.29, 1.82) is 0 Å². The Bertz CT molecular complexity index is 949. The highest BCUT2D eigenvalue weighted by atomic mass is 32.2. The number of benzene rings is 2. The van der Waals surface area contributed by atoms with Crippen molar-refractivity contribution in [2.24, 2.45) is 0 Å². The first-order valence-electron chi connectivity index (χ1n) is 9.47. The van der Waals surface area contributed by atoms with Crippen LogP contribution in [0, 0.1) is 0 Å². The van der Waals surface area contributed by atoms with E-state index in [-0.39, 0.29) is 5.92 Å². The second-order valence-electron chi connectivity index (χ2n) is 6.85. The van der Waals surface area contributed by atoms with E-state index < -0.39 is 10.0 Å². The monoisotopic (exact) mass is 383 g/mol. The number of rotatable bonds is 5. The molecule has 2 aromatic carbocycles. The van der Waals surface area contributed by atoms with E-state index in [1.807, 2.05) is 42.3 Å². The van der Waals surface area contributed by atoms with Crippen molar-refractivity contribution >= 4 is 16.1 Å². The molecule has 0 spiro atoms. The van der Waals surface area contributed by atoms with E-state index in [2.05, 4.69) is 29.6 Å². The van der Waals surface area contributed by atoms with Crippen LogP contribution in [-0.4, -0.2) is 50.6 Å². The van der Waals surface area contributed by atoms with Crippen LogP contribution in [0.15, 0.2) is 59.5 Å². The summed E-state index contributed by atoms with van der Waals surface area (Å²) in [6.45, 7) is 5.31. The molecule has 1 heterocycles. The van der Waals surface area contributed by atoms with Gasteiger partial charge in [-0.25, -0.2) is 13.4 Å². The van der Waals surface area contributed by atoms with Crippen molar-refractivity contribution in [3.05, 3.63) is 71.3 Å². The van der Waals surface area contributed by atoms with E-state index in [0.29, 0.717) is 24.5 Å². The molecule has 0 bridgehead atoms. The maximum atomic E-state index is 13.6. The molecule has 27 heavy (non-hydrogen) atoms. The molecule has 1 unspecified atom stereocenters. The fourth-order valence-electron chi connectivity index (χ4n) is 4.00. The number of fused-ring (bicyclic) bond motifs is 1. The zero-order chi connectivity index (χ0) is 18.9. The zero-order valence-corrected chi connectivity index (χ0v) is 16.3. The number of hydrogen-bond donors (Lipinski definition) is 1. The van der Waals surface area contributed by atoms with Crippen LogP contribution in [0.1, 0.15) is 29.5 Å². The summed E-state index contributed by atoms with van der Waals surface area (Å²) >= 11 is 0. The lowest BCUT2D eigenvalue weighted by Gasteiger charge is -2.36. The van der Waals surface area contributed by atoms with Crippen LogP contribution >= 0.6 is 0 Å². The molecule has 1 aliphatic carbocycles. The molecule has 1 N–H and O–H groups in total. The largest absolute Gasteiger partial charge is 0.314 e. The summed E-state index contributed by atoms with van der Waals surface area (Å²) in [5.74, 6) is -0.0334. The first-order chi connectivity index (χ1) is 13.1. The average Bonchev–Trinajstić information content (AvgIpc) is 3.13. The van der Waals surface area contributed by atoms with E-state index in [9.17, 15) is 8.42 Å². The molecule has 1 aliphatic heterocycles. The van der Waals surface area contributed by atoms with Gasteiger partial charge in [0, 0.05) is 38.6 Å². The molecule has 0 aromatic heterocycles. The number of nitrogens with one attached hydrogen (secondary N) is 1. The summed E-state index contributed by atoms with van der Waals surface area (Å²) in [5.41, 5.74) is 3.15. The third-order valence-corrected chi connectivity index (χ3v) is 7.26. The predicted octanol–water partition coefficient (Wildman–Crippen LogP) is 2.68. The van der Waals surface area contributed by atoms with Gasteiger partial charge in [0.05, 0.1) is 4.90 Å². The third-order valence-electron chi connectivity index (χ3n) is 5.29. The third kappa shape index (κ3) is 3.34. The Morgan fingerprint density at radius 3 is 2.44 bits per heavy atom. The van der Waals surface area contributed by atoms with Crippen molar-refractivity contribution in [2.45, 2.75) is 17.7 Å². The Kier molecular flexibility index (Phi) is 5.14. The molecular formula is C21H25N3O2S. The van der Waals surface area contributed by atoms with Crippen LogP contribution in [-0.2, 0) is 10.0 Å². The highest BCUT2D eigenvalue weighted by molar-refractivity contribution is 7.89. The van der Waals surface area contributed by atoms with Crippen molar-refractivity contribution in [3.63, 3.8) is 0 Å². The van der Waals surface area contributed by atoms with Gasteiger partial charge in [-0.15, -0.1) is 4.41 Å². The SMILES string of the molecule is CCN(N1CCNCC1)S(=O)(=O)c1ccccc1C1C=Cc2ccccc21. The van der Waals surface area contributed by atoms with Gasteiger partial charge in [0.15, 0.2) is 0 Å². The van der Waals surface area contributed by atoms with Crippen molar-refractivity contribution < 1.29 is 8.42 Å². The van der Waals surface area contributed by atoms with Crippen LogP contribution < -0.4 is 5.32 Å². The second kappa shape index (κ2) is 7.56. The minimum atomic E-state index is -3.62. The molecule has 0 radical (unpaired) electrons. The number of hydrazine groups is 1. The molecule has 1 saturated heterocycles. The first kappa shape index (κ1) is 18.4. The fourth-order valence-corrected chi connectivity index (χ4v) is 5.78. The van der Waals surface area contributed by atoms with E-state index in [4.69, 9.17) is 0 Å². The van der Waals surface area contributed by atoms with Crippen LogP contribution in [0.4, 0.5) is 0 Å². The minimum Gasteiger partial charge on any atom is -0.314 e. The Labute approximate surface area is 161 Å². The van der Waals surface area contributed by atoms with Gasteiger partial charge in [0.1, 0.15) is 0 Å². The van der Waals surface area contributed by atoms with Gasteiger partial charge in [0.25, 0.3) is 10.0 Å². The lowest BCUT2D eigenvalue weighted by atomic mass is 9.93. The number of nitrogens with zero attached hydrogens (tertiary/aromatic N) is 2. The van der Waals surface area contributed by atoms with Crippen LogP contribution in [0.25, 0.3) is 6.08 Å². The molecule has 0 saturated carbocycles. The summed E-state index contributed by atoms with van der Waals surface area (Å²) in [6, 6.07) is 15.6. The van der Waals surface area contributed by atoms with Crippen LogP contribution in [0.2, 0.25) is 0 Å². The molecule has 1 atom stereocenters. The second-order valence-corrected chi connectivity index (χ2v) is 8.66. The van der Waals surface area contributed by atoms with Crippen LogP contribution in [0.5, 0.6) is 0 Å². The van der Waals surface area contributed by atoms with Gasteiger partial charge in [-0.1, -0.05) is 54.6 Å². The zero-order valence-electron chi connectivity index (χ0n) is 15.5. The number of hydrogen-bond acceptors (Lipinski definition) is 4. The van der Waals surface area contributed by atoms with Crippen molar-refractivity contribution in [1.82, 2.24) is 14.7 Å². The molecular weight excluding hydrogens is 358 g/mol.